The van der Waals surface area contributed by atoms with E-state index in [1.165, 1.54) is 19.2 Å². The van der Waals surface area contributed by atoms with Gasteiger partial charge in [-0.15, -0.1) is 0 Å². The second kappa shape index (κ2) is 8.87. The zero-order valence-electron chi connectivity index (χ0n) is 15.6. The summed E-state index contributed by atoms with van der Waals surface area (Å²) in [5.41, 5.74) is 2.05. The standard InChI is InChI=1S/C20H19N3O6/c1-28-19(24)18(22-20(25)29-12-13-5-3-2-4-6-13)9-14-11-21-17-8-7-15(23(26)27)10-16(14)17/h2-8,10-11,18,21H,9,12H2,1H3,(H,22,25)/t18-/m0/s1. The van der Waals surface area contributed by atoms with Gasteiger partial charge in [-0.25, -0.2) is 9.59 Å². The molecule has 3 rings (SSSR count). The first-order chi connectivity index (χ1) is 14.0. The second-order valence-electron chi connectivity index (χ2n) is 6.29. The third-order valence-electron chi connectivity index (χ3n) is 4.38. The van der Waals surface area contributed by atoms with Crippen molar-refractivity contribution in [1.29, 1.82) is 0 Å². The minimum atomic E-state index is -1.01. The zero-order chi connectivity index (χ0) is 20.8. The van der Waals surface area contributed by atoms with Crippen molar-refractivity contribution < 1.29 is 24.0 Å². The fraction of sp³-hybridized carbons (Fsp3) is 0.200. The molecule has 0 aliphatic heterocycles. The van der Waals surface area contributed by atoms with Gasteiger partial charge >= 0.3 is 12.1 Å². The van der Waals surface area contributed by atoms with Gasteiger partial charge in [0, 0.05) is 35.7 Å². The predicted molar refractivity (Wildman–Crippen MR) is 104 cm³/mol. The highest BCUT2D eigenvalue weighted by atomic mass is 16.6. The van der Waals surface area contributed by atoms with Crippen LogP contribution in [0.25, 0.3) is 10.9 Å². The van der Waals surface area contributed by atoms with Crippen LogP contribution in [0.3, 0.4) is 0 Å². The lowest BCUT2D eigenvalue weighted by molar-refractivity contribution is -0.384. The molecule has 150 valence electrons. The summed E-state index contributed by atoms with van der Waals surface area (Å²) < 4.78 is 9.93. The normalized spacial score (nSPS) is 11.6. The molecule has 0 unspecified atom stereocenters. The van der Waals surface area contributed by atoms with Crippen molar-refractivity contribution in [2.75, 3.05) is 7.11 Å². The number of hydrogen-bond acceptors (Lipinski definition) is 6. The van der Waals surface area contributed by atoms with E-state index >= 15 is 0 Å². The molecule has 0 radical (unpaired) electrons. The van der Waals surface area contributed by atoms with Crippen LogP contribution in [-0.4, -0.2) is 35.1 Å². The van der Waals surface area contributed by atoms with Gasteiger partial charge in [-0.1, -0.05) is 30.3 Å². The number of ether oxygens (including phenoxy) is 2. The van der Waals surface area contributed by atoms with Gasteiger partial charge < -0.3 is 19.8 Å². The number of nitro benzene ring substituents is 1. The van der Waals surface area contributed by atoms with Crippen LogP contribution in [0.5, 0.6) is 0 Å². The number of nitrogens with zero attached hydrogens (tertiary/aromatic N) is 1. The molecule has 0 spiro atoms. The molecule has 0 aliphatic carbocycles. The number of non-ortho nitro benzene ring substituents is 1. The Morgan fingerprint density at radius 1 is 1.21 bits per heavy atom. The molecule has 29 heavy (non-hydrogen) atoms. The topological polar surface area (TPSA) is 124 Å². The molecular weight excluding hydrogens is 378 g/mol. The largest absolute Gasteiger partial charge is 0.467 e. The molecule has 1 aromatic heterocycles. The third-order valence-corrected chi connectivity index (χ3v) is 4.38. The maximum Gasteiger partial charge on any atom is 0.408 e. The summed E-state index contributed by atoms with van der Waals surface area (Å²) in [6, 6.07) is 12.5. The van der Waals surface area contributed by atoms with Crippen LogP contribution in [0.2, 0.25) is 0 Å². The summed E-state index contributed by atoms with van der Waals surface area (Å²) >= 11 is 0. The number of carbonyl (C=O) groups is 2. The predicted octanol–water partition coefficient (Wildman–Crippen LogP) is 3.09. The van der Waals surface area contributed by atoms with Gasteiger partial charge in [-0.05, 0) is 17.2 Å². The Morgan fingerprint density at radius 3 is 2.66 bits per heavy atom. The van der Waals surface area contributed by atoms with Crippen LogP contribution < -0.4 is 5.32 Å². The average molecular weight is 397 g/mol. The molecule has 1 amide bonds. The number of nitrogens with one attached hydrogen (secondary N) is 2. The fourth-order valence-corrected chi connectivity index (χ4v) is 2.91. The van der Waals surface area contributed by atoms with E-state index in [0.29, 0.717) is 16.5 Å². The molecule has 0 saturated heterocycles. The molecular formula is C20H19N3O6. The van der Waals surface area contributed by atoms with E-state index in [1.807, 2.05) is 30.3 Å². The molecule has 2 N–H and O–H groups in total. The van der Waals surface area contributed by atoms with Crippen molar-refractivity contribution in [3.05, 3.63) is 76.0 Å². The summed E-state index contributed by atoms with van der Waals surface area (Å²) in [5.74, 6) is -0.651. The second-order valence-corrected chi connectivity index (χ2v) is 6.29. The van der Waals surface area contributed by atoms with Gasteiger partial charge in [0.25, 0.3) is 5.69 Å². The van der Waals surface area contributed by atoms with Gasteiger partial charge in [-0.3, -0.25) is 10.1 Å². The minimum Gasteiger partial charge on any atom is -0.467 e. The monoisotopic (exact) mass is 397 g/mol. The molecule has 9 heteroatoms. The maximum atomic E-state index is 12.1. The van der Waals surface area contributed by atoms with Crippen LogP contribution in [0.4, 0.5) is 10.5 Å². The van der Waals surface area contributed by atoms with Crippen molar-refractivity contribution in [1.82, 2.24) is 10.3 Å². The van der Waals surface area contributed by atoms with Crippen molar-refractivity contribution in [2.24, 2.45) is 0 Å². The molecule has 0 bridgehead atoms. The Labute approximate surface area is 165 Å². The summed E-state index contributed by atoms with van der Waals surface area (Å²) in [5, 5.41) is 14.1. The van der Waals surface area contributed by atoms with E-state index in [4.69, 9.17) is 9.47 Å². The first-order valence-corrected chi connectivity index (χ1v) is 8.77. The number of rotatable bonds is 7. The first-order valence-electron chi connectivity index (χ1n) is 8.77. The molecule has 0 saturated carbocycles. The zero-order valence-corrected chi connectivity index (χ0v) is 15.6. The highest BCUT2D eigenvalue weighted by molar-refractivity contribution is 5.87. The molecule has 3 aromatic rings. The van der Waals surface area contributed by atoms with E-state index in [1.54, 1.807) is 12.3 Å². The van der Waals surface area contributed by atoms with Crippen molar-refractivity contribution in [3.8, 4) is 0 Å². The van der Waals surface area contributed by atoms with E-state index in [2.05, 4.69) is 10.3 Å². The number of benzene rings is 2. The van der Waals surface area contributed by atoms with Crippen molar-refractivity contribution in [2.45, 2.75) is 19.1 Å². The third kappa shape index (κ3) is 4.89. The molecule has 2 aromatic carbocycles. The lowest BCUT2D eigenvalue weighted by Crippen LogP contribution is -2.43. The number of H-pyrrole nitrogens is 1. The first kappa shape index (κ1) is 19.9. The smallest absolute Gasteiger partial charge is 0.408 e. The van der Waals surface area contributed by atoms with Crippen LogP contribution >= 0.6 is 0 Å². The number of amides is 1. The maximum absolute atomic E-state index is 12.1. The van der Waals surface area contributed by atoms with Crippen molar-refractivity contribution in [3.63, 3.8) is 0 Å². The number of nitro groups is 1. The number of carbonyl (C=O) groups excluding carboxylic acids is 2. The summed E-state index contributed by atoms with van der Waals surface area (Å²) in [6.07, 6.45) is 0.949. The SMILES string of the molecule is COC(=O)[C@H](Cc1c[nH]c2ccc([N+](=O)[O-])cc12)NC(=O)OCc1ccccc1. The Hall–Kier alpha value is -3.88. The summed E-state index contributed by atoms with van der Waals surface area (Å²) in [6.45, 7) is 0.0554. The Morgan fingerprint density at radius 2 is 1.97 bits per heavy atom. The number of aromatic nitrogens is 1. The van der Waals surface area contributed by atoms with Crippen LogP contribution in [0.1, 0.15) is 11.1 Å². The number of methoxy groups -OCH3 is 1. The highest BCUT2D eigenvalue weighted by Gasteiger charge is 2.24. The fourth-order valence-electron chi connectivity index (χ4n) is 2.91. The Bertz CT molecular complexity index is 1030. The van der Waals surface area contributed by atoms with E-state index in [0.717, 1.165) is 5.56 Å². The van der Waals surface area contributed by atoms with Crippen molar-refractivity contribution >= 4 is 28.7 Å². The van der Waals surface area contributed by atoms with E-state index < -0.39 is 23.0 Å². The van der Waals surface area contributed by atoms with Crippen LogP contribution in [0, 0.1) is 10.1 Å². The minimum absolute atomic E-state index is 0.0554. The number of hydrogen-bond donors (Lipinski definition) is 2. The van der Waals surface area contributed by atoms with Crippen LogP contribution in [-0.2, 0) is 27.3 Å². The summed E-state index contributed by atoms with van der Waals surface area (Å²) in [7, 11) is 1.21. The van der Waals surface area contributed by atoms with Gasteiger partial charge in [-0.2, -0.15) is 0 Å². The van der Waals surface area contributed by atoms with Gasteiger partial charge in [0.2, 0.25) is 0 Å². The lowest BCUT2D eigenvalue weighted by Gasteiger charge is -2.16. The van der Waals surface area contributed by atoms with Gasteiger partial charge in [0.15, 0.2) is 0 Å². The van der Waals surface area contributed by atoms with E-state index in [-0.39, 0.29) is 18.7 Å². The Balaban J connectivity index is 1.73. The van der Waals surface area contributed by atoms with E-state index in [9.17, 15) is 19.7 Å². The molecule has 1 atom stereocenters. The summed E-state index contributed by atoms with van der Waals surface area (Å²) in [4.78, 5) is 37.8. The number of aromatic amines is 1. The quantitative estimate of drug-likeness (QED) is 0.359. The number of fused-ring (bicyclic) bond motifs is 1. The lowest BCUT2D eigenvalue weighted by atomic mass is 10.0. The number of esters is 1. The molecule has 9 nitrogen and oxygen atoms in total. The average Bonchev–Trinajstić information content (AvgIpc) is 3.14. The van der Waals surface area contributed by atoms with Crippen LogP contribution in [0.15, 0.2) is 54.7 Å². The van der Waals surface area contributed by atoms with Gasteiger partial charge in [0.1, 0.15) is 12.6 Å². The Kier molecular flexibility index (Phi) is 6.08. The van der Waals surface area contributed by atoms with Gasteiger partial charge in [0.05, 0.1) is 12.0 Å². The molecule has 0 aliphatic rings. The molecule has 0 fully saturated rings. The number of alkyl carbamates (subject to hydrolysis) is 1. The molecule has 1 heterocycles. The highest BCUT2D eigenvalue weighted by Crippen LogP contribution is 2.24.